The lowest BCUT2D eigenvalue weighted by atomic mass is 10.2. The Morgan fingerprint density at radius 1 is 1.64 bits per heavy atom. The Balaban J connectivity index is 2.38. The second-order valence-electron chi connectivity index (χ2n) is 3.71. The first-order valence-electron chi connectivity index (χ1n) is 4.81. The number of carbonyl (C=O) groups is 1. The minimum atomic E-state index is 0.174. The summed E-state index contributed by atoms with van der Waals surface area (Å²) in [6, 6.07) is 0.348. The Morgan fingerprint density at radius 2 is 2.36 bits per heavy atom. The van der Waals surface area contributed by atoms with Crippen molar-refractivity contribution in [3.05, 3.63) is 18.2 Å². The Kier molecular flexibility index (Phi) is 3.83. The van der Waals surface area contributed by atoms with Crippen molar-refractivity contribution in [3.8, 4) is 0 Å². The fraction of sp³-hybridized carbons (Fsp3) is 0.600. The molecule has 4 nitrogen and oxygen atoms in total. The molecule has 78 valence electrons. The number of aromatic nitrogens is 2. The maximum atomic E-state index is 11.5. The highest BCUT2D eigenvalue weighted by Gasteiger charge is 2.07. The number of nitrogens with one attached hydrogen (secondary N) is 1. The van der Waals surface area contributed by atoms with E-state index in [4.69, 9.17) is 0 Å². The van der Waals surface area contributed by atoms with E-state index in [0.717, 1.165) is 5.82 Å². The molecular formula is C10H17N3O. The molecule has 1 rings (SSSR count). The van der Waals surface area contributed by atoms with Crippen molar-refractivity contribution in [2.24, 2.45) is 7.05 Å². The summed E-state index contributed by atoms with van der Waals surface area (Å²) in [7, 11) is 1.89. The van der Waals surface area contributed by atoms with Crippen LogP contribution in [0.4, 0.5) is 0 Å². The number of Topliss-reactive ketones (excluding diaryl/α,β-unsaturated/α-hetero) is 1. The summed E-state index contributed by atoms with van der Waals surface area (Å²) >= 11 is 0. The average Bonchev–Trinajstić information content (AvgIpc) is 2.49. The molecule has 1 aromatic heterocycles. The molecular weight excluding hydrogens is 178 g/mol. The van der Waals surface area contributed by atoms with Crippen LogP contribution >= 0.6 is 0 Å². The summed E-state index contributed by atoms with van der Waals surface area (Å²) in [6.07, 6.45) is 3.96. The SMILES string of the molecule is CC(C)NCC(=O)Cc1nccn1C. The van der Waals surface area contributed by atoms with Crippen molar-refractivity contribution >= 4 is 5.78 Å². The van der Waals surface area contributed by atoms with Crippen LogP contribution in [0.2, 0.25) is 0 Å². The molecule has 0 aromatic carbocycles. The monoisotopic (exact) mass is 195 g/mol. The number of imidazole rings is 1. The fourth-order valence-electron chi connectivity index (χ4n) is 1.12. The minimum Gasteiger partial charge on any atom is -0.338 e. The first kappa shape index (κ1) is 10.9. The standard InChI is InChI=1S/C10H17N3O/c1-8(2)12-7-9(14)6-10-11-4-5-13(10)3/h4-5,8,12H,6-7H2,1-3H3. The Labute approximate surface area is 84.3 Å². The van der Waals surface area contributed by atoms with Gasteiger partial charge in [-0.3, -0.25) is 4.79 Å². The maximum absolute atomic E-state index is 11.5. The van der Waals surface area contributed by atoms with Gasteiger partial charge >= 0.3 is 0 Å². The van der Waals surface area contributed by atoms with Gasteiger partial charge in [0.15, 0.2) is 5.78 Å². The van der Waals surface area contributed by atoms with Crippen molar-refractivity contribution in [3.63, 3.8) is 0 Å². The molecule has 0 atom stereocenters. The van der Waals surface area contributed by atoms with Gasteiger partial charge in [0.2, 0.25) is 0 Å². The third kappa shape index (κ3) is 3.30. The molecule has 0 spiro atoms. The van der Waals surface area contributed by atoms with Gasteiger partial charge in [0.05, 0.1) is 13.0 Å². The number of carbonyl (C=O) groups excluding carboxylic acids is 1. The number of hydrogen-bond donors (Lipinski definition) is 1. The zero-order valence-corrected chi connectivity index (χ0v) is 8.95. The number of nitrogens with zero attached hydrogens (tertiary/aromatic N) is 2. The number of rotatable bonds is 5. The number of hydrogen-bond acceptors (Lipinski definition) is 3. The van der Waals surface area contributed by atoms with Gasteiger partial charge in [-0.25, -0.2) is 4.98 Å². The van der Waals surface area contributed by atoms with E-state index >= 15 is 0 Å². The van der Waals surface area contributed by atoms with E-state index in [2.05, 4.69) is 10.3 Å². The molecule has 14 heavy (non-hydrogen) atoms. The summed E-state index contributed by atoms with van der Waals surface area (Å²) in [5, 5.41) is 3.09. The largest absolute Gasteiger partial charge is 0.338 e. The van der Waals surface area contributed by atoms with Crippen LogP contribution in [0.3, 0.4) is 0 Å². The molecule has 0 aliphatic carbocycles. The number of aryl methyl sites for hydroxylation is 1. The second kappa shape index (κ2) is 4.91. The van der Waals surface area contributed by atoms with Crippen LogP contribution in [0.1, 0.15) is 19.7 Å². The van der Waals surface area contributed by atoms with E-state index < -0.39 is 0 Å². The van der Waals surface area contributed by atoms with Gasteiger partial charge in [-0.05, 0) is 0 Å². The zero-order valence-electron chi connectivity index (χ0n) is 8.95. The molecule has 1 aromatic rings. The second-order valence-corrected chi connectivity index (χ2v) is 3.71. The van der Waals surface area contributed by atoms with E-state index in [9.17, 15) is 4.79 Å². The molecule has 0 saturated carbocycles. The van der Waals surface area contributed by atoms with Crippen molar-refractivity contribution in [1.29, 1.82) is 0 Å². The third-order valence-electron chi connectivity index (χ3n) is 1.98. The molecule has 4 heteroatoms. The molecule has 1 N–H and O–H groups in total. The summed E-state index contributed by atoms with van der Waals surface area (Å²) in [6.45, 7) is 4.46. The van der Waals surface area contributed by atoms with E-state index in [1.54, 1.807) is 6.20 Å². The summed E-state index contributed by atoms with van der Waals surface area (Å²) in [5.41, 5.74) is 0. The van der Waals surface area contributed by atoms with Crippen LogP contribution < -0.4 is 5.32 Å². The minimum absolute atomic E-state index is 0.174. The predicted molar refractivity (Wildman–Crippen MR) is 55.1 cm³/mol. The first-order valence-corrected chi connectivity index (χ1v) is 4.81. The Morgan fingerprint density at radius 3 is 2.86 bits per heavy atom. The van der Waals surface area contributed by atoms with Crippen molar-refractivity contribution in [2.45, 2.75) is 26.3 Å². The van der Waals surface area contributed by atoms with Crippen LogP contribution in [0.5, 0.6) is 0 Å². The van der Waals surface area contributed by atoms with Gasteiger partial charge < -0.3 is 9.88 Å². The Hall–Kier alpha value is -1.16. The van der Waals surface area contributed by atoms with Crippen LogP contribution in [-0.4, -0.2) is 27.9 Å². The lowest BCUT2D eigenvalue weighted by molar-refractivity contribution is -0.117. The molecule has 0 fully saturated rings. The zero-order chi connectivity index (χ0) is 10.6. The lowest BCUT2D eigenvalue weighted by Gasteiger charge is -2.06. The Bertz CT molecular complexity index is 304. The molecule has 0 bridgehead atoms. The van der Waals surface area contributed by atoms with Crippen molar-refractivity contribution in [1.82, 2.24) is 14.9 Å². The highest BCUT2D eigenvalue weighted by molar-refractivity contribution is 5.82. The summed E-state index contributed by atoms with van der Waals surface area (Å²) in [5.74, 6) is 0.994. The van der Waals surface area contributed by atoms with E-state index in [1.165, 1.54) is 0 Å². The summed E-state index contributed by atoms with van der Waals surface area (Å²) in [4.78, 5) is 15.5. The molecule has 0 unspecified atom stereocenters. The average molecular weight is 195 g/mol. The van der Waals surface area contributed by atoms with Gasteiger partial charge in [-0.2, -0.15) is 0 Å². The molecule has 0 aliphatic rings. The summed E-state index contributed by atoms with van der Waals surface area (Å²) < 4.78 is 1.87. The van der Waals surface area contributed by atoms with E-state index in [0.29, 0.717) is 19.0 Å². The highest BCUT2D eigenvalue weighted by Crippen LogP contribution is 1.95. The van der Waals surface area contributed by atoms with Gasteiger partial charge in [-0.15, -0.1) is 0 Å². The molecule has 0 saturated heterocycles. The van der Waals surface area contributed by atoms with E-state index in [1.807, 2.05) is 31.7 Å². The molecule has 1 heterocycles. The highest BCUT2D eigenvalue weighted by atomic mass is 16.1. The molecule has 0 radical (unpaired) electrons. The smallest absolute Gasteiger partial charge is 0.154 e. The van der Waals surface area contributed by atoms with Crippen LogP contribution in [0, 0.1) is 0 Å². The van der Waals surface area contributed by atoms with E-state index in [-0.39, 0.29) is 5.78 Å². The fourth-order valence-corrected chi connectivity index (χ4v) is 1.12. The van der Waals surface area contributed by atoms with Crippen LogP contribution in [-0.2, 0) is 18.3 Å². The maximum Gasteiger partial charge on any atom is 0.154 e. The van der Waals surface area contributed by atoms with Gasteiger partial charge in [-0.1, -0.05) is 13.8 Å². The van der Waals surface area contributed by atoms with Crippen LogP contribution in [0.15, 0.2) is 12.4 Å². The van der Waals surface area contributed by atoms with Gasteiger partial charge in [0.25, 0.3) is 0 Å². The quantitative estimate of drug-likeness (QED) is 0.745. The molecule has 0 aliphatic heterocycles. The normalized spacial score (nSPS) is 10.9. The predicted octanol–water partition coefficient (Wildman–Crippen LogP) is 0.530. The lowest BCUT2D eigenvalue weighted by Crippen LogP contribution is -2.30. The van der Waals surface area contributed by atoms with Crippen molar-refractivity contribution < 1.29 is 4.79 Å². The number of ketones is 1. The van der Waals surface area contributed by atoms with Gasteiger partial charge in [0, 0.05) is 25.5 Å². The van der Waals surface area contributed by atoms with Crippen molar-refractivity contribution in [2.75, 3.05) is 6.54 Å². The van der Waals surface area contributed by atoms with Gasteiger partial charge in [0.1, 0.15) is 5.82 Å². The van der Waals surface area contributed by atoms with Crippen LogP contribution in [0.25, 0.3) is 0 Å². The molecule has 0 amide bonds. The third-order valence-corrected chi connectivity index (χ3v) is 1.98. The topological polar surface area (TPSA) is 46.9 Å². The first-order chi connectivity index (χ1) is 6.59.